The van der Waals surface area contributed by atoms with E-state index in [1.165, 1.54) is 0 Å². The average molecular weight is 335 g/mol. The van der Waals surface area contributed by atoms with Gasteiger partial charge in [0.2, 0.25) is 10.0 Å². The van der Waals surface area contributed by atoms with Crippen molar-refractivity contribution in [1.29, 1.82) is 0 Å². The molecule has 0 spiro atoms. The molecule has 0 N–H and O–H groups in total. The van der Waals surface area contributed by atoms with Gasteiger partial charge in [-0.2, -0.15) is 4.31 Å². The average Bonchev–Trinajstić information content (AvgIpc) is 3.19. The minimum Gasteiger partial charge on any atom is -0.212 e. The molecule has 1 aliphatic carbocycles. The standard InChI is InChI=1S/C17H21NO2S2/c19-22(20,14-15-7-2-1-3-8-15)18(16-9-4-5-10-16)13-17-11-6-12-21-17/h1-3,6-8,11-12,16H,4-5,9-10,13-14H2. The van der Waals surface area contributed by atoms with Crippen LogP contribution in [0.3, 0.4) is 0 Å². The van der Waals surface area contributed by atoms with Gasteiger partial charge in [-0.15, -0.1) is 11.3 Å². The Balaban J connectivity index is 1.83. The fourth-order valence-corrected chi connectivity index (χ4v) is 5.64. The molecule has 22 heavy (non-hydrogen) atoms. The molecule has 0 atom stereocenters. The van der Waals surface area contributed by atoms with Gasteiger partial charge >= 0.3 is 0 Å². The lowest BCUT2D eigenvalue weighted by Crippen LogP contribution is -2.38. The van der Waals surface area contributed by atoms with Gasteiger partial charge in [-0.3, -0.25) is 0 Å². The third-order valence-electron chi connectivity index (χ3n) is 4.17. The van der Waals surface area contributed by atoms with E-state index < -0.39 is 10.0 Å². The van der Waals surface area contributed by atoms with E-state index in [9.17, 15) is 8.42 Å². The Morgan fingerprint density at radius 2 is 1.77 bits per heavy atom. The Labute approximate surface area is 136 Å². The van der Waals surface area contributed by atoms with Crippen molar-refractivity contribution >= 4 is 21.4 Å². The summed E-state index contributed by atoms with van der Waals surface area (Å²) in [4.78, 5) is 1.11. The number of rotatable bonds is 6. The number of hydrogen-bond donors (Lipinski definition) is 0. The SMILES string of the molecule is O=S(=O)(Cc1ccccc1)N(Cc1cccs1)C1CCCC1. The molecule has 1 aromatic heterocycles. The predicted octanol–water partition coefficient (Wildman–Crippen LogP) is 4.02. The van der Waals surface area contributed by atoms with Crippen LogP contribution in [0.15, 0.2) is 47.8 Å². The summed E-state index contributed by atoms with van der Waals surface area (Å²) < 4.78 is 27.6. The molecule has 5 heteroatoms. The van der Waals surface area contributed by atoms with E-state index in [4.69, 9.17) is 0 Å². The Kier molecular flexibility index (Phi) is 4.96. The zero-order chi connectivity index (χ0) is 15.4. The summed E-state index contributed by atoms with van der Waals surface area (Å²) in [6, 6.07) is 13.6. The number of thiophene rings is 1. The van der Waals surface area contributed by atoms with Gasteiger partial charge in [-0.1, -0.05) is 49.2 Å². The van der Waals surface area contributed by atoms with Crippen LogP contribution in [0.5, 0.6) is 0 Å². The number of benzene rings is 1. The first-order valence-electron chi connectivity index (χ1n) is 7.71. The summed E-state index contributed by atoms with van der Waals surface area (Å²) in [6.45, 7) is 0.511. The van der Waals surface area contributed by atoms with Gasteiger partial charge in [0.15, 0.2) is 0 Å². The fourth-order valence-electron chi connectivity index (χ4n) is 3.07. The molecule has 1 aromatic carbocycles. The van der Waals surface area contributed by atoms with Crippen LogP contribution in [0.4, 0.5) is 0 Å². The smallest absolute Gasteiger partial charge is 0.212 e. The van der Waals surface area contributed by atoms with Crippen molar-refractivity contribution < 1.29 is 8.42 Å². The van der Waals surface area contributed by atoms with Crippen LogP contribution in [0.2, 0.25) is 0 Å². The molecule has 3 nitrogen and oxygen atoms in total. The zero-order valence-corrected chi connectivity index (χ0v) is 14.2. The Bertz CT molecular complexity index is 675. The monoisotopic (exact) mass is 335 g/mol. The largest absolute Gasteiger partial charge is 0.218 e. The maximum atomic E-state index is 12.9. The van der Waals surface area contributed by atoms with Crippen molar-refractivity contribution in [2.45, 2.75) is 44.0 Å². The highest BCUT2D eigenvalue weighted by molar-refractivity contribution is 7.88. The number of nitrogens with zero attached hydrogens (tertiary/aromatic N) is 1. The van der Waals surface area contributed by atoms with Gasteiger partial charge in [0.1, 0.15) is 0 Å². The van der Waals surface area contributed by atoms with Gasteiger partial charge in [0.25, 0.3) is 0 Å². The second-order valence-electron chi connectivity index (χ2n) is 5.80. The van der Waals surface area contributed by atoms with Crippen LogP contribution >= 0.6 is 11.3 Å². The van der Waals surface area contributed by atoms with E-state index in [0.717, 1.165) is 36.1 Å². The maximum absolute atomic E-state index is 12.9. The van der Waals surface area contributed by atoms with Gasteiger partial charge in [0.05, 0.1) is 5.75 Å². The summed E-state index contributed by atoms with van der Waals surface area (Å²) in [5.74, 6) is 0.0930. The molecule has 3 rings (SSSR count). The second-order valence-corrected chi connectivity index (χ2v) is 8.76. The first kappa shape index (κ1) is 15.7. The molecule has 118 valence electrons. The van der Waals surface area contributed by atoms with Gasteiger partial charge in [0, 0.05) is 17.5 Å². The molecule has 0 bridgehead atoms. The maximum Gasteiger partial charge on any atom is 0.218 e. The first-order valence-corrected chi connectivity index (χ1v) is 10.2. The van der Waals surface area contributed by atoms with Crippen molar-refractivity contribution in [3.8, 4) is 0 Å². The van der Waals surface area contributed by atoms with Crippen molar-refractivity contribution in [3.05, 3.63) is 58.3 Å². The van der Waals surface area contributed by atoms with E-state index in [0.29, 0.717) is 6.54 Å². The Hall–Kier alpha value is -1.17. The van der Waals surface area contributed by atoms with E-state index in [-0.39, 0.29) is 11.8 Å². The fraction of sp³-hybridized carbons (Fsp3) is 0.412. The van der Waals surface area contributed by atoms with Crippen molar-refractivity contribution in [3.63, 3.8) is 0 Å². The van der Waals surface area contributed by atoms with Gasteiger partial charge in [-0.25, -0.2) is 8.42 Å². The molecule has 0 saturated heterocycles. The van der Waals surface area contributed by atoms with Crippen LogP contribution in [0.1, 0.15) is 36.1 Å². The van der Waals surface area contributed by atoms with Crippen LogP contribution in [-0.2, 0) is 22.3 Å². The lowest BCUT2D eigenvalue weighted by molar-refractivity contribution is 0.318. The summed E-state index contributed by atoms with van der Waals surface area (Å²) in [5, 5.41) is 2.01. The highest BCUT2D eigenvalue weighted by atomic mass is 32.2. The minimum absolute atomic E-state index is 0.0930. The molecule has 1 saturated carbocycles. The predicted molar refractivity (Wildman–Crippen MR) is 91.2 cm³/mol. The molecule has 1 fully saturated rings. The molecule has 0 unspecified atom stereocenters. The lowest BCUT2D eigenvalue weighted by atomic mass is 10.2. The molecule has 0 aliphatic heterocycles. The molecule has 0 radical (unpaired) electrons. The molecule has 1 aliphatic rings. The number of sulfonamides is 1. The molecular weight excluding hydrogens is 314 g/mol. The van der Waals surface area contributed by atoms with Gasteiger partial charge < -0.3 is 0 Å². The van der Waals surface area contributed by atoms with E-state index in [1.54, 1.807) is 15.6 Å². The minimum atomic E-state index is -3.29. The highest BCUT2D eigenvalue weighted by Gasteiger charge is 2.32. The van der Waals surface area contributed by atoms with E-state index in [1.807, 2.05) is 47.8 Å². The quantitative estimate of drug-likeness (QED) is 0.799. The van der Waals surface area contributed by atoms with Crippen molar-refractivity contribution in [2.24, 2.45) is 0 Å². The van der Waals surface area contributed by atoms with E-state index >= 15 is 0 Å². The third-order valence-corrected chi connectivity index (χ3v) is 6.87. The van der Waals surface area contributed by atoms with Crippen LogP contribution in [-0.4, -0.2) is 18.8 Å². The lowest BCUT2D eigenvalue weighted by Gasteiger charge is -2.27. The van der Waals surface area contributed by atoms with E-state index in [2.05, 4.69) is 0 Å². The molecular formula is C17H21NO2S2. The van der Waals surface area contributed by atoms with Crippen LogP contribution in [0.25, 0.3) is 0 Å². The summed E-state index contributed by atoms with van der Waals surface area (Å²) in [5.41, 5.74) is 0.858. The van der Waals surface area contributed by atoms with Crippen LogP contribution < -0.4 is 0 Å². The van der Waals surface area contributed by atoms with Crippen molar-refractivity contribution in [1.82, 2.24) is 4.31 Å². The summed E-state index contributed by atoms with van der Waals surface area (Å²) in [6.07, 6.45) is 4.23. The first-order chi connectivity index (χ1) is 10.6. The topological polar surface area (TPSA) is 37.4 Å². The van der Waals surface area contributed by atoms with Crippen molar-refractivity contribution in [2.75, 3.05) is 0 Å². The molecule has 1 heterocycles. The van der Waals surface area contributed by atoms with Gasteiger partial charge in [-0.05, 0) is 29.9 Å². The Morgan fingerprint density at radius 1 is 1.05 bits per heavy atom. The van der Waals surface area contributed by atoms with Crippen LogP contribution in [0, 0.1) is 0 Å². The third kappa shape index (κ3) is 3.77. The second kappa shape index (κ2) is 6.94. The molecule has 0 amide bonds. The summed E-state index contributed by atoms with van der Waals surface area (Å²) >= 11 is 1.63. The number of hydrogen-bond acceptors (Lipinski definition) is 3. The molecule has 2 aromatic rings. The zero-order valence-electron chi connectivity index (χ0n) is 12.5. The summed E-state index contributed by atoms with van der Waals surface area (Å²) in [7, 11) is -3.29. The highest BCUT2D eigenvalue weighted by Crippen LogP contribution is 2.29. The normalized spacial score (nSPS) is 16.4. The Morgan fingerprint density at radius 3 is 2.41 bits per heavy atom.